The summed E-state index contributed by atoms with van der Waals surface area (Å²) in [5.41, 5.74) is 1.31. The molecule has 0 aromatic carbocycles. The van der Waals surface area contributed by atoms with Crippen molar-refractivity contribution >= 4 is 5.91 Å². The lowest BCUT2D eigenvalue weighted by Crippen LogP contribution is -2.40. The van der Waals surface area contributed by atoms with E-state index in [-0.39, 0.29) is 11.8 Å². The SMILES string of the molecule is Cc1ncncc1C(=O)N1CCCC(c2nnc(CN3CCCC3)n2C)C1. The number of piperidine rings is 1. The average Bonchev–Trinajstić information content (AvgIpc) is 3.32. The number of aromatic nitrogens is 5. The molecule has 27 heavy (non-hydrogen) atoms. The van der Waals surface area contributed by atoms with E-state index in [1.165, 1.54) is 19.2 Å². The van der Waals surface area contributed by atoms with Gasteiger partial charge in [-0.3, -0.25) is 9.69 Å². The molecule has 1 unspecified atom stereocenters. The summed E-state index contributed by atoms with van der Waals surface area (Å²) in [5, 5.41) is 8.93. The Morgan fingerprint density at radius 2 is 2.00 bits per heavy atom. The summed E-state index contributed by atoms with van der Waals surface area (Å²) in [6, 6.07) is 0. The van der Waals surface area contributed by atoms with Gasteiger partial charge in [0.2, 0.25) is 0 Å². The van der Waals surface area contributed by atoms with E-state index in [1.807, 2.05) is 11.8 Å². The van der Waals surface area contributed by atoms with Crippen molar-refractivity contribution in [3.05, 3.63) is 35.4 Å². The van der Waals surface area contributed by atoms with E-state index >= 15 is 0 Å². The highest BCUT2D eigenvalue weighted by Gasteiger charge is 2.30. The van der Waals surface area contributed by atoms with Gasteiger partial charge in [-0.05, 0) is 45.7 Å². The number of carbonyl (C=O) groups is 1. The number of aryl methyl sites for hydroxylation is 1. The molecule has 144 valence electrons. The number of carbonyl (C=O) groups excluding carboxylic acids is 1. The Morgan fingerprint density at radius 3 is 2.78 bits per heavy atom. The highest BCUT2D eigenvalue weighted by Crippen LogP contribution is 2.27. The first kappa shape index (κ1) is 18.0. The second-order valence-corrected chi connectivity index (χ2v) is 7.63. The zero-order valence-electron chi connectivity index (χ0n) is 16.1. The molecule has 4 heterocycles. The van der Waals surface area contributed by atoms with Gasteiger partial charge >= 0.3 is 0 Å². The predicted octanol–water partition coefficient (Wildman–Crippen LogP) is 1.53. The fourth-order valence-electron chi connectivity index (χ4n) is 4.15. The quantitative estimate of drug-likeness (QED) is 0.813. The summed E-state index contributed by atoms with van der Waals surface area (Å²) in [6.07, 6.45) is 7.64. The Labute approximate surface area is 159 Å². The number of nitrogens with zero attached hydrogens (tertiary/aromatic N) is 7. The second kappa shape index (κ2) is 7.72. The van der Waals surface area contributed by atoms with E-state index in [4.69, 9.17) is 0 Å². The van der Waals surface area contributed by atoms with Crippen LogP contribution in [0.5, 0.6) is 0 Å². The van der Waals surface area contributed by atoms with Crippen LogP contribution in [0, 0.1) is 6.92 Å². The molecule has 2 aromatic rings. The van der Waals surface area contributed by atoms with Crippen molar-refractivity contribution in [1.82, 2.24) is 34.5 Å². The van der Waals surface area contributed by atoms with Gasteiger partial charge in [0.15, 0.2) is 0 Å². The summed E-state index contributed by atoms with van der Waals surface area (Å²) in [4.78, 5) is 25.4. The molecule has 0 radical (unpaired) electrons. The van der Waals surface area contributed by atoms with Crippen LogP contribution in [0.4, 0.5) is 0 Å². The van der Waals surface area contributed by atoms with E-state index in [0.717, 1.165) is 56.4 Å². The van der Waals surface area contributed by atoms with Crippen LogP contribution in [-0.2, 0) is 13.6 Å². The van der Waals surface area contributed by atoms with Gasteiger partial charge in [0, 0.05) is 32.3 Å². The molecule has 0 spiro atoms. The molecule has 1 atom stereocenters. The van der Waals surface area contributed by atoms with Crippen molar-refractivity contribution in [1.29, 1.82) is 0 Å². The molecular formula is C19H27N7O. The van der Waals surface area contributed by atoms with Gasteiger partial charge in [0.05, 0.1) is 17.8 Å². The summed E-state index contributed by atoms with van der Waals surface area (Å²) in [7, 11) is 2.05. The maximum atomic E-state index is 12.9. The third-order valence-electron chi connectivity index (χ3n) is 5.78. The van der Waals surface area contributed by atoms with Gasteiger partial charge < -0.3 is 9.47 Å². The molecule has 2 fully saturated rings. The number of hydrogen-bond donors (Lipinski definition) is 0. The molecule has 0 bridgehead atoms. The van der Waals surface area contributed by atoms with Crippen molar-refractivity contribution < 1.29 is 4.79 Å². The molecule has 4 rings (SSSR count). The van der Waals surface area contributed by atoms with Crippen molar-refractivity contribution in [2.45, 2.75) is 45.1 Å². The molecule has 1 amide bonds. The fourth-order valence-corrected chi connectivity index (χ4v) is 4.15. The first-order chi connectivity index (χ1) is 13.1. The van der Waals surface area contributed by atoms with Gasteiger partial charge in [0.25, 0.3) is 5.91 Å². The van der Waals surface area contributed by atoms with E-state index in [1.54, 1.807) is 6.20 Å². The highest BCUT2D eigenvalue weighted by molar-refractivity contribution is 5.95. The van der Waals surface area contributed by atoms with Crippen LogP contribution in [0.3, 0.4) is 0 Å². The Hall–Kier alpha value is -2.35. The maximum absolute atomic E-state index is 12.9. The Balaban J connectivity index is 1.47. The van der Waals surface area contributed by atoms with Crippen LogP contribution in [0.15, 0.2) is 12.5 Å². The highest BCUT2D eigenvalue weighted by atomic mass is 16.2. The van der Waals surface area contributed by atoms with Gasteiger partial charge in [-0.1, -0.05) is 0 Å². The van der Waals surface area contributed by atoms with E-state index < -0.39 is 0 Å². The largest absolute Gasteiger partial charge is 0.338 e. The molecule has 0 N–H and O–H groups in total. The summed E-state index contributed by atoms with van der Waals surface area (Å²) < 4.78 is 2.13. The second-order valence-electron chi connectivity index (χ2n) is 7.63. The molecule has 8 nitrogen and oxygen atoms in total. The van der Waals surface area contributed by atoms with Gasteiger partial charge in [0.1, 0.15) is 18.0 Å². The number of likely N-dealkylation sites (tertiary alicyclic amines) is 2. The third kappa shape index (κ3) is 3.71. The van der Waals surface area contributed by atoms with Gasteiger partial charge in [-0.15, -0.1) is 10.2 Å². The fraction of sp³-hybridized carbons (Fsp3) is 0.632. The Bertz CT molecular complexity index is 812. The lowest BCUT2D eigenvalue weighted by Gasteiger charge is -2.32. The number of hydrogen-bond acceptors (Lipinski definition) is 6. The topological polar surface area (TPSA) is 80.0 Å². The first-order valence-corrected chi connectivity index (χ1v) is 9.80. The minimum absolute atomic E-state index is 0.0114. The molecule has 2 aliphatic rings. The van der Waals surface area contributed by atoms with Crippen LogP contribution < -0.4 is 0 Å². The first-order valence-electron chi connectivity index (χ1n) is 9.80. The molecular weight excluding hydrogens is 342 g/mol. The molecule has 0 aliphatic carbocycles. The number of amides is 1. The van der Waals surface area contributed by atoms with Crippen LogP contribution in [-0.4, -0.2) is 66.6 Å². The van der Waals surface area contributed by atoms with E-state index in [2.05, 4.69) is 36.7 Å². The monoisotopic (exact) mass is 369 g/mol. The summed E-state index contributed by atoms with van der Waals surface area (Å²) in [5.74, 6) is 2.24. The smallest absolute Gasteiger partial charge is 0.257 e. The van der Waals surface area contributed by atoms with Crippen molar-refractivity contribution in [3.63, 3.8) is 0 Å². The van der Waals surface area contributed by atoms with Gasteiger partial charge in [-0.25, -0.2) is 9.97 Å². The number of rotatable bonds is 4. The predicted molar refractivity (Wildman–Crippen MR) is 100 cm³/mol. The van der Waals surface area contributed by atoms with E-state index in [0.29, 0.717) is 12.1 Å². The lowest BCUT2D eigenvalue weighted by molar-refractivity contribution is 0.0701. The van der Waals surface area contributed by atoms with Crippen LogP contribution in [0.2, 0.25) is 0 Å². The molecule has 2 saturated heterocycles. The maximum Gasteiger partial charge on any atom is 0.257 e. The lowest BCUT2D eigenvalue weighted by atomic mass is 9.96. The van der Waals surface area contributed by atoms with Crippen LogP contribution in [0.25, 0.3) is 0 Å². The third-order valence-corrected chi connectivity index (χ3v) is 5.78. The van der Waals surface area contributed by atoms with E-state index in [9.17, 15) is 4.79 Å². The van der Waals surface area contributed by atoms with Crippen LogP contribution in [0.1, 0.15) is 59.3 Å². The Morgan fingerprint density at radius 1 is 1.19 bits per heavy atom. The molecule has 2 aromatic heterocycles. The zero-order chi connectivity index (χ0) is 18.8. The normalized spacial score (nSPS) is 21.0. The Kier molecular flexibility index (Phi) is 5.15. The van der Waals surface area contributed by atoms with Gasteiger partial charge in [-0.2, -0.15) is 0 Å². The standard InChI is InChI=1S/C19H27N7O/c1-14-16(10-20-13-21-14)19(27)26-9-5-6-15(11-26)18-23-22-17(24(18)2)12-25-7-3-4-8-25/h10,13,15H,3-9,11-12H2,1-2H3. The summed E-state index contributed by atoms with van der Waals surface area (Å²) in [6.45, 7) is 6.44. The van der Waals surface area contributed by atoms with Crippen molar-refractivity contribution in [2.75, 3.05) is 26.2 Å². The van der Waals surface area contributed by atoms with Crippen molar-refractivity contribution in [2.24, 2.45) is 7.05 Å². The molecule has 0 saturated carbocycles. The molecule has 8 heteroatoms. The minimum atomic E-state index is 0.0114. The van der Waals surface area contributed by atoms with Crippen LogP contribution >= 0.6 is 0 Å². The minimum Gasteiger partial charge on any atom is -0.338 e. The zero-order valence-corrected chi connectivity index (χ0v) is 16.1. The van der Waals surface area contributed by atoms with Crippen molar-refractivity contribution in [3.8, 4) is 0 Å². The summed E-state index contributed by atoms with van der Waals surface area (Å²) >= 11 is 0. The average molecular weight is 369 g/mol. The molecule has 2 aliphatic heterocycles.